The molecule has 1 heterocycles. The van der Waals surface area contributed by atoms with E-state index in [1.54, 1.807) is 24.3 Å². The van der Waals surface area contributed by atoms with Crippen LogP contribution in [0.4, 0.5) is 0 Å². The van der Waals surface area contributed by atoms with Crippen LogP contribution in [0.15, 0.2) is 48.5 Å². The first-order valence-corrected chi connectivity index (χ1v) is 10.1. The lowest BCUT2D eigenvalue weighted by molar-refractivity contribution is -0.159. The first-order valence-electron chi connectivity index (χ1n) is 10.1. The van der Waals surface area contributed by atoms with Crippen molar-refractivity contribution in [3.05, 3.63) is 65.2 Å². The number of amides is 1. The number of nitrogens with zero attached hydrogens (tertiary/aromatic N) is 1. The van der Waals surface area contributed by atoms with Gasteiger partial charge in [0.15, 0.2) is 5.60 Å². The van der Waals surface area contributed by atoms with Gasteiger partial charge in [-0.25, -0.2) is 4.79 Å². The largest absolute Gasteiger partial charge is 0.490 e. The fourth-order valence-corrected chi connectivity index (χ4v) is 3.58. The molecule has 0 unspecified atom stereocenters. The number of hydrogen-bond acceptors (Lipinski definition) is 5. The van der Waals surface area contributed by atoms with Crippen LogP contribution in [-0.2, 0) is 11.3 Å². The smallest absolute Gasteiger partial charge is 0.339 e. The summed E-state index contributed by atoms with van der Waals surface area (Å²) in [5, 5.41) is 18.7. The van der Waals surface area contributed by atoms with Crippen molar-refractivity contribution in [2.45, 2.75) is 37.8 Å². The van der Waals surface area contributed by atoms with Crippen molar-refractivity contribution in [3.8, 4) is 5.75 Å². The molecule has 0 saturated carbocycles. The minimum Gasteiger partial charge on any atom is -0.490 e. The van der Waals surface area contributed by atoms with Crippen LogP contribution in [0.1, 0.15) is 47.2 Å². The topological polar surface area (TPSA) is 113 Å². The maximum absolute atomic E-state index is 12.9. The van der Waals surface area contributed by atoms with Gasteiger partial charge in [-0.15, -0.1) is 0 Å². The molecule has 2 aromatic carbocycles. The number of hydrogen-bond donors (Lipinski definition) is 3. The maximum atomic E-state index is 12.9. The molecule has 3 rings (SSSR count). The number of carbonyl (C=O) groups excluding carboxylic acids is 1. The van der Waals surface area contributed by atoms with E-state index in [4.69, 9.17) is 15.6 Å². The number of piperidine rings is 1. The molecule has 1 aliphatic rings. The fourth-order valence-electron chi connectivity index (χ4n) is 3.58. The molecule has 4 N–H and O–H groups in total. The number of carboxylic acids is 1. The molecule has 1 saturated heterocycles. The number of likely N-dealkylation sites (tertiary alicyclic amines) is 1. The lowest BCUT2D eigenvalue weighted by atomic mass is 9.88. The highest BCUT2D eigenvalue weighted by atomic mass is 32.1. The van der Waals surface area contributed by atoms with Crippen molar-refractivity contribution in [2.24, 2.45) is 5.73 Å². The average molecular weight is 447 g/mol. The summed E-state index contributed by atoms with van der Waals surface area (Å²) in [6.07, 6.45) is 1.77. The monoisotopic (exact) mass is 446 g/mol. The Morgan fingerprint density at radius 3 is 2.48 bits per heavy atom. The van der Waals surface area contributed by atoms with Crippen LogP contribution in [0.3, 0.4) is 0 Å². The molecular weight excluding hydrogens is 416 g/mol. The highest BCUT2D eigenvalue weighted by Crippen LogP contribution is 2.29. The summed E-state index contributed by atoms with van der Waals surface area (Å²) in [4.78, 5) is 25.7. The van der Waals surface area contributed by atoms with Gasteiger partial charge in [0.2, 0.25) is 0 Å². The van der Waals surface area contributed by atoms with Crippen molar-refractivity contribution in [2.75, 3.05) is 19.7 Å². The zero-order valence-electron chi connectivity index (χ0n) is 17.6. The number of carbonyl (C=O) groups is 2. The Balaban J connectivity index is 0.00000341. The van der Waals surface area contributed by atoms with Gasteiger partial charge in [0, 0.05) is 25.2 Å². The first kappa shape index (κ1) is 24.7. The molecule has 0 bridgehead atoms. The SMILES string of the molecule is C[C@](O)(COc1cccc(C(=O)N2CCC(c3cccc(CN)c3)CC2)c1)C(=O)O.S. The van der Waals surface area contributed by atoms with Gasteiger partial charge in [-0.1, -0.05) is 30.3 Å². The minimum absolute atomic E-state index is 0. The van der Waals surface area contributed by atoms with Crippen LogP contribution >= 0.6 is 13.5 Å². The zero-order valence-corrected chi connectivity index (χ0v) is 18.6. The second-order valence-electron chi connectivity index (χ2n) is 7.91. The first-order chi connectivity index (χ1) is 14.3. The van der Waals surface area contributed by atoms with Gasteiger partial charge >= 0.3 is 5.97 Å². The third-order valence-corrected chi connectivity index (χ3v) is 5.50. The van der Waals surface area contributed by atoms with E-state index < -0.39 is 18.2 Å². The summed E-state index contributed by atoms with van der Waals surface area (Å²) in [5.41, 5.74) is 6.61. The number of aliphatic hydroxyl groups is 1. The van der Waals surface area contributed by atoms with Gasteiger partial charge in [-0.2, -0.15) is 13.5 Å². The van der Waals surface area contributed by atoms with Crippen molar-refractivity contribution >= 4 is 25.4 Å². The van der Waals surface area contributed by atoms with Gasteiger partial charge in [-0.3, -0.25) is 4.79 Å². The van der Waals surface area contributed by atoms with E-state index in [2.05, 4.69) is 12.1 Å². The summed E-state index contributed by atoms with van der Waals surface area (Å²) in [6, 6.07) is 14.9. The molecule has 1 fully saturated rings. The van der Waals surface area contributed by atoms with E-state index in [0.717, 1.165) is 25.3 Å². The summed E-state index contributed by atoms with van der Waals surface area (Å²) < 4.78 is 5.40. The quantitative estimate of drug-likeness (QED) is 0.602. The number of rotatable bonds is 7. The van der Waals surface area contributed by atoms with Gasteiger partial charge in [-0.05, 0) is 55.0 Å². The molecule has 1 aliphatic heterocycles. The molecule has 0 spiro atoms. The standard InChI is InChI=1S/C23H28N2O5.H2S/c1-23(29,22(27)28)15-30-20-7-3-6-19(13-20)21(26)25-10-8-17(9-11-25)18-5-2-4-16(12-18)14-24;/h2-7,12-13,17,29H,8-11,14-15,24H2,1H3,(H,27,28);1H2/t23-;/m0./s1. The average Bonchev–Trinajstić information content (AvgIpc) is 2.77. The predicted octanol–water partition coefficient (Wildman–Crippen LogP) is 2.49. The molecule has 1 atom stereocenters. The number of nitrogens with two attached hydrogens (primary N) is 1. The second kappa shape index (κ2) is 10.7. The van der Waals surface area contributed by atoms with Gasteiger partial charge < -0.3 is 25.6 Å². The van der Waals surface area contributed by atoms with Crippen molar-refractivity contribution < 1.29 is 24.5 Å². The zero-order chi connectivity index (χ0) is 21.7. The molecular formula is C23H30N2O5S. The van der Waals surface area contributed by atoms with Crippen molar-refractivity contribution in [3.63, 3.8) is 0 Å². The van der Waals surface area contributed by atoms with Crippen LogP contribution in [0.25, 0.3) is 0 Å². The van der Waals surface area contributed by atoms with Gasteiger partial charge in [0.05, 0.1) is 0 Å². The number of benzene rings is 2. The van der Waals surface area contributed by atoms with Crippen molar-refractivity contribution in [1.82, 2.24) is 4.90 Å². The Morgan fingerprint density at radius 1 is 1.16 bits per heavy atom. The van der Waals surface area contributed by atoms with E-state index in [1.165, 1.54) is 5.56 Å². The van der Waals surface area contributed by atoms with Crippen molar-refractivity contribution in [1.29, 1.82) is 0 Å². The number of carboxylic acid groups (broad SMARTS) is 1. The Hall–Kier alpha value is -2.55. The van der Waals surface area contributed by atoms with E-state index in [0.29, 0.717) is 36.9 Å². The highest BCUT2D eigenvalue weighted by molar-refractivity contribution is 7.59. The minimum atomic E-state index is -2.00. The normalized spacial score (nSPS) is 16.2. The van der Waals surface area contributed by atoms with Crippen LogP contribution in [-0.4, -0.2) is 52.3 Å². The molecule has 168 valence electrons. The van der Waals surface area contributed by atoms with E-state index in [9.17, 15) is 14.7 Å². The van der Waals surface area contributed by atoms with E-state index >= 15 is 0 Å². The third-order valence-electron chi connectivity index (χ3n) is 5.50. The Bertz CT molecular complexity index is 910. The number of ether oxygens (including phenoxy) is 1. The second-order valence-corrected chi connectivity index (χ2v) is 7.91. The van der Waals surface area contributed by atoms with Crippen LogP contribution in [0.2, 0.25) is 0 Å². The van der Waals surface area contributed by atoms with Gasteiger partial charge in [0.25, 0.3) is 5.91 Å². The van der Waals surface area contributed by atoms with E-state index in [1.807, 2.05) is 17.0 Å². The Labute approximate surface area is 189 Å². The molecule has 31 heavy (non-hydrogen) atoms. The van der Waals surface area contributed by atoms with E-state index in [-0.39, 0.29) is 19.4 Å². The lowest BCUT2D eigenvalue weighted by Crippen LogP contribution is -2.41. The summed E-state index contributed by atoms with van der Waals surface area (Å²) in [5.74, 6) is -0.696. The highest BCUT2D eigenvalue weighted by Gasteiger charge is 2.31. The molecule has 1 amide bonds. The summed E-state index contributed by atoms with van der Waals surface area (Å²) >= 11 is 0. The van der Waals surface area contributed by atoms with Crippen LogP contribution in [0.5, 0.6) is 5.75 Å². The Morgan fingerprint density at radius 2 is 1.84 bits per heavy atom. The maximum Gasteiger partial charge on any atom is 0.339 e. The van der Waals surface area contributed by atoms with Gasteiger partial charge in [0.1, 0.15) is 12.4 Å². The molecule has 0 radical (unpaired) electrons. The van der Waals surface area contributed by atoms with Crippen LogP contribution in [0, 0.1) is 0 Å². The molecule has 0 aliphatic carbocycles. The summed E-state index contributed by atoms with van der Waals surface area (Å²) in [6.45, 7) is 2.60. The molecule has 7 nitrogen and oxygen atoms in total. The summed E-state index contributed by atoms with van der Waals surface area (Å²) in [7, 11) is 0. The Kier molecular flexibility index (Phi) is 8.50. The third kappa shape index (κ3) is 6.22. The molecule has 2 aromatic rings. The predicted molar refractivity (Wildman–Crippen MR) is 123 cm³/mol. The molecule has 0 aromatic heterocycles. The lowest BCUT2D eigenvalue weighted by Gasteiger charge is -2.32. The molecule has 8 heteroatoms. The van der Waals surface area contributed by atoms with Crippen LogP contribution < -0.4 is 10.5 Å². The number of aliphatic carboxylic acids is 1. The fraction of sp³-hybridized carbons (Fsp3) is 0.391.